The zero-order valence-corrected chi connectivity index (χ0v) is 14.8. The van der Waals surface area contributed by atoms with E-state index in [0.29, 0.717) is 13.2 Å². The van der Waals surface area contributed by atoms with Gasteiger partial charge in [0.1, 0.15) is 6.10 Å². The third-order valence-electron chi connectivity index (χ3n) is 4.39. The van der Waals surface area contributed by atoms with E-state index in [1.54, 1.807) is 7.11 Å². The summed E-state index contributed by atoms with van der Waals surface area (Å²) in [7, 11) is 1.65. The fraction of sp³-hybridized carbons (Fsp3) is 0.429. The van der Waals surface area contributed by atoms with E-state index in [4.69, 9.17) is 18.9 Å². The smallest absolute Gasteiger partial charge is 0.186 e. The van der Waals surface area contributed by atoms with Crippen LogP contribution >= 0.6 is 0 Å². The summed E-state index contributed by atoms with van der Waals surface area (Å²) in [4.78, 5) is 0. The Morgan fingerprint density at radius 2 is 1.44 bits per heavy atom. The van der Waals surface area contributed by atoms with E-state index in [1.165, 1.54) is 0 Å². The van der Waals surface area contributed by atoms with Crippen molar-refractivity contribution in [1.29, 1.82) is 0 Å². The lowest BCUT2D eigenvalue weighted by Gasteiger charge is -2.39. The molecular weight excluding hydrogens is 316 g/mol. The third-order valence-corrected chi connectivity index (χ3v) is 4.39. The minimum Gasteiger partial charge on any atom is -0.371 e. The van der Waals surface area contributed by atoms with Crippen LogP contribution in [0, 0.1) is 0 Å². The Morgan fingerprint density at radius 3 is 2.00 bits per heavy atom. The van der Waals surface area contributed by atoms with Gasteiger partial charge in [-0.05, 0) is 18.1 Å². The topological polar surface area (TPSA) is 36.9 Å². The van der Waals surface area contributed by atoms with Crippen LogP contribution < -0.4 is 0 Å². The summed E-state index contributed by atoms with van der Waals surface area (Å²) in [6.45, 7) is 3.10. The van der Waals surface area contributed by atoms with E-state index in [-0.39, 0.29) is 18.3 Å². The molecule has 0 spiro atoms. The van der Waals surface area contributed by atoms with Crippen molar-refractivity contribution in [1.82, 2.24) is 0 Å². The van der Waals surface area contributed by atoms with E-state index < -0.39 is 6.29 Å². The normalized spacial score (nSPS) is 26.5. The Hall–Kier alpha value is -1.72. The second kappa shape index (κ2) is 9.11. The minimum absolute atomic E-state index is 0.0716. The lowest BCUT2D eigenvalue weighted by atomic mass is 10.0. The number of ether oxygens (including phenoxy) is 4. The van der Waals surface area contributed by atoms with Crippen LogP contribution in [0.2, 0.25) is 0 Å². The molecular formula is C21H26O4. The van der Waals surface area contributed by atoms with Gasteiger partial charge >= 0.3 is 0 Å². The van der Waals surface area contributed by atoms with Gasteiger partial charge < -0.3 is 18.9 Å². The summed E-state index contributed by atoms with van der Waals surface area (Å²) in [6.07, 6.45) is 0.102. The molecule has 3 rings (SSSR count). The van der Waals surface area contributed by atoms with E-state index in [0.717, 1.165) is 17.5 Å². The van der Waals surface area contributed by atoms with Crippen LogP contribution in [0.15, 0.2) is 60.7 Å². The van der Waals surface area contributed by atoms with Crippen molar-refractivity contribution in [2.24, 2.45) is 0 Å². The van der Waals surface area contributed by atoms with Gasteiger partial charge in [-0.3, -0.25) is 0 Å². The predicted molar refractivity (Wildman–Crippen MR) is 96.0 cm³/mol. The van der Waals surface area contributed by atoms with Crippen molar-refractivity contribution in [3.63, 3.8) is 0 Å². The predicted octanol–water partition coefficient (Wildman–Crippen LogP) is 3.94. The molecule has 0 aliphatic carbocycles. The maximum absolute atomic E-state index is 6.19. The van der Waals surface area contributed by atoms with E-state index >= 15 is 0 Å². The van der Waals surface area contributed by atoms with Crippen LogP contribution in [0.25, 0.3) is 0 Å². The van der Waals surface area contributed by atoms with Crippen molar-refractivity contribution in [3.05, 3.63) is 71.8 Å². The molecule has 0 bridgehead atoms. The Labute approximate surface area is 149 Å². The first-order chi connectivity index (χ1) is 12.3. The van der Waals surface area contributed by atoms with Crippen LogP contribution in [-0.4, -0.2) is 31.7 Å². The maximum Gasteiger partial charge on any atom is 0.186 e. The Bertz CT molecular complexity index is 616. The fourth-order valence-electron chi connectivity index (χ4n) is 3.08. The zero-order valence-electron chi connectivity index (χ0n) is 14.8. The summed E-state index contributed by atoms with van der Waals surface area (Å²) in [5.74, 6) is 0. The van der Waals surface area contributed by atoms with Gasteiger partial charge in [0.25, 0.3) is 0 Å². The second-order valence-electron chi connectivity index (χ2n) is 6.38. The molecule has 0 amide bonds. The Morgan fingerprint density at radius 1 is 0.880 bits per heavy atom. The van der Waals surface area contributed by atoms with Gasteiger partial charge in [-0.1, -0.05) is 60.7 Å². The average Bonchev–Trinajstić information content (AvgIpc) is 2.66. The van der Waals surface area contributed by atoms with Crippen molar-refractivity contribution in [3.8, 4) is 0 Å². The van der Waals surface area contributed by atoms with Gasteiger partial charge in [0.2, 0.25) is 0 Å². The second-order valence-corrected chi connectivity index (χ2v) is 6.38. The van der Waals surface area contributed by atoms with Crippen LogP contribution in [0.1, 0.15) is 24.5 Å². The molecule has 0 radical (unpaired) electrons. The van der Waals surface area contributed by atoms with Gasteiger partial charge in [-0.25, -0.2) is 0 Å². The molecule has 2 aromatic carbocycles. The monoisotopic (exact) mass is 342 g/mol. The quantitative estimate of drug-likeness (QED) is 0.764. The number of benzene rings is 2. The van der Waals surface area contributed by atoms with Gasteiger partial charge in [0.05, 0.1) is 25.4 Å². The Kier molecular flexibility index (Phi) is 6.59. The van der Waals surface area contributed by atoms with Crippen molar-refractivity contribution in [2.45, 2.75) is 51.2 Å². The number of hydrogen-bond donors (Lipinski definition) is 0. The maximum atomic E-state index is 6.19. The van der Waals surface area contributed by atoms with Crippen molar-refractivity contribution in [2.75, 3.05) is 7.11 Å². The first kappa shape index (κ1) is 18.1. The molecule has 4 nitrogen and oxygen atoms in total. The van der Waals surface area contributed by atoms with Crippen LogP contribution in [-0.2, 0) is 32.2 Å². The van der Waals surface area contributed by atoms with Gasteiger partial charge in [0, 0.05) is 13.5 Å². The fourth-order valence-corrected chi connectivity index (χ4v) is 3.08. The molecule has 1 saturated heterocycles. The molecule has 1 heterocycles. The molecule has 4 atom stereocenters. The van der Waals surface area contributed by atoms with Gasteiger partial charge in [0.15, 0.2) is 6.29 Å². The first-order valence-corrected chi connectivity index (χ1v) is 8.75. The average molecular weight is 342 g/mol. The molecule has 0 unspecified atom stereocenters. The Balaban J connectivity index is 1.65. The van der Waals surface area contributed by atoms with Crippen LogP contribution in [0.5, 0.6) is 0 Å². The zero-order chi connectivity index (χ0) is 17.5. The number of rotatable bonds is 7. The molecule has 1 aliphatic heterocycles. The highest BCUT2D eigenvalue weighted by atomic mass is 16.7. The SMILES string of the molecule is CO[C@H]1O[C@@H](C)C[C@@H](OCc2ccccc2)[C@@H]1OCc1ccccc1. The highest BCUT2D eigenvalue weighted by Crippen LogP contribution is 2.27. The molecule has 0 saturated carbocycles. The summed E-state index contributed by atoms with van der Waals surface area (Å²) < 4.78 is 23.7. The van der Waals surface area contributed by atoms with Gasteiger partial charge in [-0.15, -0.1) is 0 Å². The first-order valence-electron chi connectivity index (χ1n) is 8.75. The third kappa shape index (κ3) is 5.13. The standard InChI is InChI=1S/C21H26O4/c1-16-13-19(23-14-17-9-5-3-6-10-17)20(21(22-2)25-16)24-15-18-11-7-4-8-12-18/h3-12,16,19-21H,13-15H2,1-2H3/t16-,19+,20-,21-/m0/s1. The number of hydrogen-bond acceptors (Lipinski definition) is 4. The molecule has 1 aliphatic rings. The van der Waals surface area contributed by atoms with E-state index in [1.807, 2.05) is 55.5 Å². The summed E-state index contributed by atoms with van der Waals surface area (Å²) >= 11 is 0. The molecule has 4 heteroatoms. The summed E-state index contributed by atoms with van der Waals surface area (Å²) in [5, 5.41) is 0. The molecule has 0 aromatic heterocycles. The largest absolute Gasteiger partial charge is 0.371 e. The minimum atomic E-state index is -0.423. The van der Waals surface area contributed by atoms with E-state index in [2.05, 4.69) is 12.1 Å². The lowest BCUT2D eigenvalue weighted by molar-refractivity contribution is -0.277. The highest BCUT2D eigenvalue weighted by Gasteiger charge is 2.39. The highest BCUT2D eigenvalue weighted by molar-refractivity contribution is 5.14. The number of methoxy groups -OCH3 is 1. The van der Waals surface area contributed by atoms with E-state index in [9.17, 15) is 0 Å². The van der Waals surface area contributed by atoms with Crippen molar-refractivity contribution >= 4 is 0 Å². The molecule has 25 heavy (non-hydrogen) atoms. The summed E-state index contributed by atoms with van der Waals surface area (Å²) in [5.41, 5.74) is 2.27. The van der Waals surface area contributed by atoms with Crippen LogP contribution in [0.4, 0.5) is 0 Å². The van der Waals surface area contributed by atoms with Crippen molar-refractivity contribution < 1.29 is 18.9 Å². The molecule has 1 fully saturated rings. The molecule has 2 aromatic rings. The molecule has 0 N–H and O–H groups in total. The molecule has 134 valence electrons. The van der Waals surface area contributed by atoms with Crippen LogP contribution in [0.3, 0.4) is 0 Å². The van der Waals surface area contributed by atoms with Gasteiger partial charge in [-0.2, -0.15) is 0 Å². The lowest BCUT2D eigenvalue weighted by Crippen LogP contribution is -2.50. The summed E-state index contributed by atoms with van der Waals surface area (Å²) in [6, 6.07) is 20.3.